The lowest BCUT2D eigenvalue weighted by molar-refractivity contribution is -0.0389. The van der Waals surface area contributed by atoms with Gasteiger partial charge in [-0.05, 0) is 12.8 Å². The molecule has 0 aromatic carbocycles. The summed E-state index contributed by atoms with van der Waals surface area (Å²) in [5.74, 6) is -1.36. The highest BCUT2D eigenvalue weighted by molar-refractivity contribution is 4.98. The Hall–Kier alpha value is -1.00. The van der Waals surface area contributed by atoms with Crippen molar-refractivity contribution < 1.29 is 13.3 Å². The zero-order chi connectivity index (χ0) is 10.2. The third-order valence-corrected chi connectivity index (χ3v) is 2.63. The maximum absolute atomic E-state index is 12.8. The lowest BCUT2D eigenvalue weighted by Crippen LogP contribution is -2.24. The van der Waals surface area contributed by atoms with Crippen LogP contribution in [0.3, 0.4) is 0 Å². The molecule has 1 saturated carbocycles. The van der Waals surface area contributed by atoms with Crippen molar-refractivity contribution in [2.24, 2.45) is 0 Å². The fraction of sp³-hybridized carbons (Fsp3) is 0.778. The summed E-state index contributed by atoms with van der Waals surface area (Å²) in [6.07, 6.45) is 0.772. The van der Waals surface area contributed by atoms with Crippen LogP contribution in [0.5, 0.6) is 0 Å². The number of aryl methyl sites for hydroxylation is 1. The molecule has 0 radical (unpaired) electrons. The minimum absolute atomic E-state index is 0.0482. The topological polar surface area (TPSA) is 38.9 Å². The molecule has 2 rings (SSSR count). The lowest BCUT2D eigenvalue weighted by Gasteiger charge is -2.25. The van der Waals surface area contributed by atoms with E-state index in [-0.39, 0.29) is 18.8 Å². The third-order valence-electron chi connectivity index (χ3n) is 2.63. The van der Waals surface area contributed by atoms with Crippen LogP contribution in [0, 0.1) is 6.92 Å². The highest BCUT2D eigenvalue weighted by Crippen LogP contribution is 2.39. The minimum atomic E-state index is -2.49. The van der Waals surface area contributed by atoms with Gasteiger partial charge >= 0.3 is 0 Å². The average Bonchev–Trinajstić information content (AvgIpc) is 2.52. The Morgan fingerprint density at radius 1 is 1.36 bits per heavy atom. The van der Waals surface area contributed by atoms with E-state index in [0.29, 0.717) is 24.6 Å². The van der Waals surface area contributed by atoms with E-state index >= 15 is 0 Å². The summed E-state index contributed by atoms with van der Waals surface area (Å²) in [5, 5.41) is 3.76. The van der Waals surface area contributed by atoms with Gasteiger partial charge in [0.05, 0.1) is 0 Å². The van der Waals surface area contributed by atoms with Gasteiger partial charge in [-0.2, -0.15) is 4.98 Å². The molecule has 0 amide bonds. The monoisotopic (exact) mass is 202 g/mol. The zero-order valence-corrected chi connectivity index (χ0v) is 7.96. The Balaban J connectivity index is 2.02. The summed E-state index contributed by atoms with van der Waals surface area (Å²) in [6, 6.07) is 0. The molecule has 1 aliphatic carbocycles. The standard InChI is InChI=1S/C9H12F2N2O/c1-6-12-8(13-14-6)7-2-4-9(10,11)5-3-7/h7H,2-5H2,1H3. The van der Waals surface area contributed by atoms with Gasteiger partial charge < -0.3 is 4.52 Å². The van der Waals surface area contributed by atoms with Gasteiger partial charge in [-0.1, -0.05) is 5.16 Å². The van der Waals surface area contributed by atoms with Gasteiger partial charge in [0.25, 0.3) is 0 Å². The van der Waals surface area contributed by atoms with Crippen molar-refractivity contribution in [2.75, 3.05) is 0 Å². The van der Waals surface area contributed by atoms with Crippen LogP contribution in [0.4, 0.5) is 8.78 Å². The normalized spacial score (nSPS) is 22.5. The van der Waals surface area contributed by atoms with Crippen LogP contribution in [-0.2, 0) is 0 Å². The van der Waals surface area contributed by atoms with Gasteiger partial charge in [-0.3, -0.25) is 0 Å². The minimum Gasteiger partial charge on any atom is -0.340 e. The quantitative estimate of drug-likeness (QED) is 0.702. The molecular weight excluding hydrogens is 190 g/mol. The second-order valence-corrected chi connectivity index (χ2v) is 3.80. The molecule has 3 nitrogen and oxygen atoms in total. The molecule has 0 atom stereocenters. The molecule has 0 bridgehead atoms. The molecule has 78 valence electrons. The Morgan fingerprint density at radius 2 is 2.00 bits per heavy atom. The lowest BCUT2D eigenvalue weighted by atomic mass is 9.86. The molecular formula is C9H12F2N2O. The number of hydrogen-bond donors (Lipinski definition) is 0. The first-order chi connectivity index (χ1) is 6.57. The molecule has 0 N–H and O–H groups in total. The second-order valence-electron chi connectivity index (χ2n) is 3.80. The number of rotatable bonds is 1. The molecule has 1 aromatic heterocycles. The molecule has 14 heavy (non-hydrogen) atoms. The van der Waals surface area contributed by atoms with E-state index in [4.69, 9.17) is 4.52 Å². The average molecular weight is 202 g/mol. The number of alkyl halides is 2. The molecule has 5 heteroatoms. The predicted octanol–water partition coefficient (Wildman–Crippen LogP) is 2.67. The maximum atomic E-state index is 12.8. The van der Waals surface area contributed by atoms with Crippen LogP contribution in [-0.4, -0.2) is 16.1 Å². The van der Waals surface area contributed by atoms with Crippen molar-refractivity contribution in [1.29, 1.82) is 0 Å². The summed E-state index contributed by atoms with van der Waals surface area (Å²) in [5.41, 5.74) is 0. The van der Waals surface area contributed by atoms with Crippen molar-refractivity contribution in [3.05, 3.63) is 11.7 Å². The van der Waals surface area contributed by atoms with Gasteiger partial charge in [0, 0.05) is 25.7 Å². The number of hydrogen-bond acceptors (Lipinski definition) is 3. The van der Waals surface area contributed by atoms with Gasteiger partial charge in [0.15, 0.2) is 5.82 Å². The van der Waals surface area contributed by atoms with Gasteiger partial charge in [-0.15, -0.1) is 0 Å². The summed E-state index contributed by atoms with van der Waals surface area (Å²) >= 11 is 0. The number of nitrogens with zero attached hydrogens (tertiary/aromatic N) is 2. The molecule has 0 aliphatic heterocycles. The van der Waals surface area contributed by atoms with E-state index in [1.807, 2.05) is 0 Å². The van der Waals surface area contributed by atoms with Crippen LogP contribution >= 0.6 is 0 Å². The first kappa shape index (κ1) is 9.55. The highest BCUT2D eigenvalue weighted by Gasteiger charge is 2.36. The SMILES string of the molecule is Cc1nc(C2CCC(F)(F)CC2)no1. The number of halogens is 2. The molecule has 1 heterocycles. The van der Waals surface area contributed by atoms with Crippen molar-refractivity contribution in [3.8, 4) is 0 Å². The Bertz CT molecular complexity index is 314. The van der Waals surface area contributed by atoms with Crippen molar-refractivity contribution >= 4 is 0 Å². The van der Waals surface area contributed by atoms with Crippen LogP contribution in [0.1, 0.15) is 43.3 Å². The zero-order valence-electron chi connectivity index (χ0n) is 7.96. The van der Waals surface area contributed by atoms with Crippen molar-refractivity contribution in [2.45, 2.75) is 44.4 Å². The van der Waals surface area contributed by atoms with E-state index in [2.05, 4.69) is 10.1 Å². The van der Waals surface area contributed by atoms with Crippen molar-refractivity contribution in [3.63, 3.8) is 0 Å². The molecule has 0 unspecified atom stereocenters. The van der Waals surface area contributed by atoms with Crippen LogP contribution < -0.4 is 0 Å². The Labute approximate surface area is 80.5 Å². The van der Waals surface area contributed by atoms with Gasteiger partial charge in [0.2, 0.25) is 11.8 Å². The molecule has 0 saturated heterocycles. The Morgan fingerprint density at radius 3 is 2.50 bits per heavy atom. The first-order valence-corrected chi connectivity index (χ1v) is 4.75. The number of aromatic nitrogens is 2. The third kappa shape index (κ3) is 1.91. The highest BCUT2D eigenvalue weighted by atomic mass is 19.3. The summed E-state index contributed by atoms with van der Waals surface area (Å²) in [4.78, 5) is 4.06. The van der Waals surface area contributed by atoms with Crippen LogP contribution in [0.2, 0.25) is 0 Å². The van der Waals surface area contributed by atoms with Crippen molar-refractivity contribution in [1.82, 2.24) is 10.1 Å². The van der Waals surface area contributed by atoms with E-state index in [1.165, 1.54) is 0 Å². The van der Waals surface area contributed by atoms with E-state index in [9.17, 15) is 8.78 Å². The van der Waals surface area contributed by atoms with Crippen LogP contribution in [0.25, 0.3) is 0 Å². The smallest absolute Gasteiger partial charge is 0.248 e. The molecule has 1 aliphatic rings. The summed E-state index contributed by atoms with van der Waals surface area (Å²) in [6.45, 7) is 1.70. The van der Waals surface area contributed by atoms with E-state index < -0.39 is 5.92 Å². The Kier molecular flexibility index (Phi) is 2.25. The molecule has 1 aromatic rings. The predicted molar refractivity (Wildman–Crippen MR) is 45.2 cm³/mol. The second kappa shape index (κ2) is 3.29. The summed E-state index contributed by atoms with van der Waals surface area (Å²) in [7, 11) is 0. The van der Waals surface area contributed by atoms with Crippen LogP contribution in [0.15, 0.2) is 4.52 Å². The first-order valence-electron chi connectivity index (χ1n) is 4.75. The molecule has 1 fully saturated rings. The van der Waals surface area contributed by atoms with E-state index in [0.717, 1.165) is 0 Å². The fourth-order valence-corrected chi connectivity index (χ4v) is 1.78. The van der Waals surface area contributed by atoms with Gasteiger partial charge in [0.1, 0.15) is 0 Å². The maximum Gasteiger partial charge on any atom is 0.248 e. The molecule has 0 spiro atoms. The fourth-order valence-electron chi connectivity index (χ4n) is 1.78. The van der Waals surface area contributed by atoms with E-state index in [1.54, 1.807) is 6.92 Å². The largest absolute Gasteiger partial charge is 0.340 e. The summed E-state index contributed by atoms with van der Waals surface area (Å²) < 4.78 is 30.5. The van der Waals surface area contributed by atoms with Gasteiger partial charge in [-0.25, -0.2) is 8.78 Å².